The molecular formula is C11H16ClN3O. The molecule has 0 fully saturated rings. The molecular weight excluding hydrogens is 226 g/mol. The molecule has 0 aliphatic carbocycles. The molecule has 5 heteroatoms. The highest BCUT2D eigenvalue weighted by Gasteiger charge is 2.19. The second-order valence-electron chi connectivity index (χ2n) is 3.78. The summed E-state index contributed by atoms with van der Waals surface area (Å²) in [5.41, 5.74) is 6.48. The van der Waals surface area contributed by atoms with Crippen molar-refractivity contribution >= 4 is 23.2 Å². The summed E-state index contributed by atoms with van der Waals surface area (Å²) in [6, 6.07) is 1.63. The number of rotatable bonds is 3. The third-order valence-electron chi connectivity index (χ3n) is 2.36. The van der Waals surface area contributed by atoms with Crippen LogP contribution in [0.15, 0.2) is 12.3 Å². The molecule has 0 unspecified atom stereocenters. The van der Waals surface area contributed by atoms with Gasteiger partial charge in [0.1, 0.15) is 5.15 Å². The zero-order valence-electron chi connectivity index (χ0n) is 9.70. The fraction of sp³-hybridized carbons (Fsp3) is 0.455. The van der Waals surface area contributed by atoms with Gasteiger partial charge in [-0.05, 0) is 26.8 Å². The first-order valence-electron chi connectivity index (χ1n) is 5.19. The van der Waals surface area contributed by atoms with Gasteiger partial charge >= 0.3 is 0 Å². The van der Waals surface area contributed by atoms with E-state index in [1.165, 1.54) is 12.3 Å². The summed E-state index contributed by atoms with van der Waals surface area (Å²) in [6.45, 7) is 6.48. The molecule has 0 atom stereocenters. The monoisotopic (exact) mass is 241 g/mol. The molecule has 0 radical (unpaired) electrons. The van der Waals surface area contributed by atoms with Gasteiger partial charge < -0.3 is 10.6 Å². The Kier molecular flexibility index (Phi) is 4.12. The van der Waals surface area contributed by atoms with Gasteiger partial charge in [-0.1, -0.05) is 11.6 Å². The molecule has 0 saturated heterocycles. The van der Waals surface area contributed by atoms with Crippen molar-refractivity contribution in [1.82, 2.24) is 9.88 Å². The summed E-state index contributed by atoms with van der Waals surface area (Å²) in [5, 5.41) is 0.275. The molecule has 2 N–H and O–H groups in total. The molecule has 4 nitrogen and oxygen atoms in total. The van der Waals surface area contributed by atoms with E-state index in [0.717, 1.165) is 0 Å². The van der Waals surface area contributed by atoms with Crippen molar-refractivity contribution in [2.45, 2.75) is 26.8 Å². The lowest BCUT2D eigenvalue weighted by Gasteiger charge is -2.25. The second kappa shape index (κ2) is 5.16. The molecule has 0 bridgehead atoms. The number of amides is 1. The fourth-order valence-electron chi connectivity index (χ4n) is 1.52. The maximum absolute atomic E-state index is 12.1. The maximum atomic E-state index is 12.1. The van der Waals surface area contributed by atoms with Gasteiger partial charge in [-0.2, -0.15) is 0 Å². The molecule has 1 amide bonds. The summed E-state index contributed by atoms with van der Waals surface area (Å²) >= 11 is 5.75. The third-order valence-corrected chi connectivity index (χ3v) is 2.56. The summed E-state index contributed by atoms with van der Waals surface area (Å²) in [6.07, 6.45) is 1.41. The quantitative estimate of drug-likeness (QED) is 0.826. The maximum Gasteiger partial charge on any atom is 0.256 e. The molecule has 16 heavy (non-hydrogen) atoms. The van der Waals surface area contributed by atoms with E-state index in [4.69, 9.17) is 17.3 Å². The minimum absolute atomic E-state index is 0.112. The van der Waals surface area contributed by atoms with E-state index in [1.807, 2.05) is 20.8 Å². The minimum atomic E-state index is -0.112. The van der Waals surface area contributed by atoms with Crippen LogP contribution in [0.2, 0.25) is 5.15 Å². The van der Waals surface area contributed by atoms with Gasteiger partial charge in [-0.25, -0.2) is 4.98 Å². The van der Waals surface area contributed by atoms with E-state index in [1.54, 1.807) is 4.90 Å². The van der Waals surface area contributed by atoms with Crippen LogP contribution in [-0.4, -0.2) is 28.4 Å². The molecule has 0 aliphatic heterocycles. The van der Waals surface area contributed by atoms with Gasteiger partial charge in [0.05, 0.1) is 17.4 Å². The van der Waals surface area contributed by atoms with E-state index in [-0.39, 0.29) is 17.1 Å². The molecule has 1 aromatic heterocycles. The number of halogens is 1. The first-order valence-corrected chi connectivity index (χ1v) is 5.57. The van der Waals surface area contributed by atoms with E-state index < -0.39 is 0 Å². The van der Waals surface area contributed by atoms with Crippen LogP contribution in [0.4, 0.5) is 5.69 Å². The predicted molar refractivity (Wildman–Crippen MR) is 65.5 cm³/mol. The normalized spacial score (nSPS) is 10.6. The van der Waals surface area contributed by atoms with Gasteiger partial charge in [-0.3, -0.25) is 4.79 Å². The molecule has 88 valence electrons. The number of hydrogen-bond acceptors (Lipinski definition) is 3. The molecule has 0 spiro atoms. The Morgan fingerprint density at radius 2 is 2.25 bits per heavy atom. The zero-order valence-corrected chi connectivity index (χ0v) is 10.5. The van der Waals surface area contributed by atoms with Crippen LogP contribution >= 0.6 is 11.6 Å². The summed E-state index contributed by atoms with van der Waals surface area (Å²) in [4.78, 5) is 17.7. The first kappa shape index (κ1) is 12.8. The predicted octanol–water partition coefficient (Wildman–Crippen LogP) is 2.19. The van der Waals surface area contributed by atoms with E-state index in [2.05, 4.69) is 4.98 Å². The van der Waals surface area contributed by atoms with Gasteiger partial charge in [0.15, 0.2) is 0 Å². The van der Waals surface area contributed by atoms with Crippen LogP contribution in [0, 0.1) is 0 Å². The van der Waals surface area contributed by atoms with Gasteiger partial charge in [0.25, 0.3) is 5.91 Å². The Morgan fingerprint density at radius 3 is 2.75 bits per heavy atom. The van der Waals surface area contributed by atoms with Crippen molar-refractivity contribution in [3.8, 4) is 0 Å². The molecule has 1 aromatic rings. The number of nitrogen functional groups attached to an aromatic ring is 1. The standard InChI is InChI=1S/C11H16ClN3O/c1-4-15(7(2)3)11(16)8-5-10(12)14-6-9(8)13/h5-7H,4,13H2,1-3H3. The lowest BCUT2D eigenvalue weighted by Crippen LogP contribution is -2.37. The number of nitrogens with two attached hydrogens (primary N) is 1. The zero-order chi connectivity index (χ0) is 12.3. The van der Waals surface area contributed by atoms with Crippen LogP contribution in [-0.2, 0) is 0 Å². The van der Waals surface area contributed by atoms with E-state index in [9.17, 15) is 4.79 Å². The number of carbonyl (C=O) groups is 1. The molecule has 1 rings (SSSR count). The van der Waals surface area contributed by atoms with Crippen LogP contribution in [0.3, 0.4) is 0 Å². The molecule has 0 aromatic carbocycles. The van der Waals surface area contributed by atoms with Crippen molar-refractivity contribution < 1.29 is 4.79 Å². The van der Waals surface area contributed by atoms with Crippen molar-refractivity contribution in [1.29, 1.82) is 0 Å². The average Bonchev–Trinajstić information content (AvgIpc) is 2.22. The van der Waals surface area contributed by atoms with Crippen molar-refractivity contribution in [2.75, 3.05) is 12.3 Å². The van der Waals surface area contributed by atoms with Crippen LogP contribution in [0.1, 0.15) is 31.1 Å². The summed E-state index contributed by atoms with van der Waals surface area (Å²) < 4.78 is 0. The number of anilines is 1. The Hall–Kier alpha value is -1.29. The Labute approximate surface area is 100 Å². The van der Waals surface area contributed by atoms with Gasteiger partial charge in [-0.15, -0.1) is 0 Å². The Morgan fingerprint density at radius 1 is 1.62 bits per heavy atom. The lowest BCUT2D eigenvalue weighted by molar-refractivity contribution is 0.0718. The summed E-state index contributed by atoms with van der Waals surface area (Å²) in [5.74, 6) is -0.112. The van der Waals surface area contributed by atoms with Crippen molar-refractivity contribution in [3.05, 3.63) is 23.0 Å². The smallest absolute Gasteiger partial charge is 0.256 e. The highest BCUT2D eigenvalue weighted by Crippen LogP contribution is 2.18. The Balaban J connectivity index is 3.08. The number of hydrogen-bond donors (Lipinski definition) is 1. The van der Waals surface area contributed by atoms with E-state index >= 15 is 0 Å². The van der Waals surface area contributed by atoms with Gasteiger partial charge in [0, 0.05) is 12.6 Å². The van der Waals surface area contributed by atoms with Gasteiger partial charge in [0.2, 0.25) is 0 Å². The van der Waals surface area contributed by atoms with E-state index in [0.29, 0.717) is 17.8 Å². The SMILES string of the molecule is CCN(C(=O)c1cc(Cl)ncc1N)C(C)C. The van der Waals surface area contributed by atoms with Crippen LogP contribution in [0.25, 0.3) is 0 Å². The van der Waals surface area contributed by atoms with Crippen LogP contribution in [0.5, 0.6) is 0 Å². The molecule has 0 aliphatic rings. The fourth-order valence-corrected chi connectivity index (χ4v) is 1.68. The summed E-state index contributed by atoms with van der Waals surface area (Å²) in [7, 11) is 0. The van der Waals surface area contributed by atoms with Crippen molar-refractivity contribution in [3.63, 3.8) is 0 Å². The highest BCUT2D eigenvalue weighted by atomic mass is 35.5. The topological polar surface area (TPSA) is 59.2 Å². The minimum Gasteiger partial charge on any atom is -0.397 e. The highest BCUT2D eigenvalue weighted by molar-refractivity contribution is 6.29. The number of pyridine rings is 1. The molecule has 0 saturated carbocycles. The second-order valence-corrected chi connectivity index (χ2v) is 4.17. The van der Waals surface area contributed by atoms with Crippen LogP contribution < -0.4 is 5.73 Å². The number of carbonyl (C=O) groups excluding carboxylic acids is 1. The number of nitrogens with zero attached hydrogens (tertiary/aromatic N) is 2. The first-order chi connectivity index (χ1) is 7.47. The number of aromatic nitrogens is 1. The molecule has 1 heterocycles. The lowest BCUT2D eigenvalue weighted by atomic mass is 10.2. The average molecular weight is 242 g/mol. The van der Waals surface area contributed by atoms with Crippen molar-refractivity contribution in [2.24, 2.45) is 0 Å². The third kappa shape index (κ3) is 2.64. The Bertz CT molecular complexity index is 393. The largest absolute Gasteiger partial charge is 0.397 e.